The first-order chi connectivity index (χ1) is 15.2. The third-order valence-electron chi connectivity index (χ3n) is 6.12. The minimum Gasteiger partial charge on any atom is -0.504 e. The molecule has 0 bridgehead atoms. The molecule has 1 unspecified atom stereocenters. The monoisotopic (exact) mass is 419 g/mol. The first-order valence-corrected chi connectivity index (χ1v) is 11.1. The Morgan fingerprint density at radius 1 is 0.871 bits per heavy atom. The fourth-order valence-electron chi connectivity index (χ4n) is 4.30. The van der Waals surface area contributed by atoms with Gasteiger partial charge in [0.2, 0.25) is 0 Å². The van der Waals surface area contributed by atoms with Crippen LogP contribution in [0.15, 0.2) is 72.8 Å². The summed E-state index contributed by atoms with van der Waals surface area (Å²) in [5.74, 6) is 1.05. The summed E-state index contributed by atoms with van der Waals surface area (Å²) in [7, 11) is 0. The Morgan fingerprint density at radius 3 is 2.16 bits per heavy atom. The van der Waals surface area contributed by atoms with Gasteiger partial charge in [0, 0.05) is 0 Å². The van der Waals surface area contributed by atoms with Gasteiger partial charge < -0.3 is 15.2 Å². The van der Waals surface area contributed by atoms with Crippen LogP contribution in [-0.4, -0.2) is 24.3 Å². The molecule has 1 aliphatic heterocycles. The van der Waals surface area contributed by atoms with Crippen molar-refractivity contribution in [2.24, 2.45) is 5.92 Å². The molecule has 1 fully saturated rings. The van der Waals surface area contributed by atoms with Gasteiger partial charge in [-0.3, -0.25) is 0 Å². The normalized spacial score (nSPS) is 15.5. The molecule has 4 heteroatoms. The third kappa shape index (κ3) is 6.08. The molecular weight excluding hydrogens is 389 g/mol. The molecule has 1 aliphatic rings. The summed E-state index contributed by atoms with van der Waals surface area (Å²) >= 11 is 0. The first-order valence-electron chi connectivity index (χ1n) is 11.1. The van der Waals surface area contributed by atoms with E-state index in [4.69, 9.17) is 4.74 Å². The predicted octanol–water partition coefficient (Wildman–Crippen LogP) is 5.50. The van der Waals surface area contributed by atoms with Gasteiger partial charge in [0.1, 0.15) is 11.9 Å². The molecule has 0 aliphatic carbocycles. The zero-order valence-electron chi connectivity index (χ0n) is 17.8. The van der Waals surface area contributed by atoms with Crippen LogP contribution >= 0.6 is 0 Å². The third-order valence-corrected chi connectivity index (χ3v) is 6.12. The standard InChI is InChI=1S/C27H30FNO2/c28-24-12-9-22(10-13-24)19-21-7-5-20(6-8-21)11-14-26(23-15-17-29-18-16-23)31-27-4-2-1-3-25(27)30/h1-10,12-13,23,26,29-30H,11,14-19H2. The Hall–Kier alpha value is -2.85. The lowest BCUT2D eigenvalue weighted by Crippen LogP contribution is -2.37. The summed E-state index contributed by atoms with van der Waals surface area (Å²) in [6.07, 6.45) is 4.91. The zero-order chi connectivity index (χ0) is 21.5. The van der Waals surface area contributed by atoms with Crippen LogP contribution in [0.2, 0.25) is 0 Å². The zero-order valence-corrected chi connectivity index (χ0v) is 17.8. The lowest BCUT2D eigenvalue weighted by atomic mass is 9.88. The molecular formula is C27H30FNO2. The molecule has 4 rings (SSSR count). The number of ether oxygens (including phenoxy) is 1. The van der Waals surface area contributed by atoms with Gasteiger partial charge in [-0.05, 0) is 92.1 Å². The molecule has 1 saturated heterocycles. The van der Waals surface area contributed by atoms with Gasteiger partial charge in [0.15, 0.2) is 11.5 Å². The maximum atomic E-state index is 13.1. The molecule has 31 heavy (non-hydrogen) atoms. The fraction of sp³-hybridized carbons (Fsp3) is 0.333. The van der Waals surface area contributed by atoms with E-state index in [9.17, 15) is 9.50 Å². The number of phenolic OH excluding ortho intramolecular Hbond substituents is 1. The molecule has 3 nitrogen and oxygen atoms in total. The number of hydrogen-bond acceptors (Lipinski definition) is 3. The molecule has 0 aromatic heterocycles. The smallest absolute Gasteiger partial charge is 0.161 e. The van der Waals surface area contributed by atoms with Gasteiger partial charge in [0.05, 0.1) is 0 Å². The van der Waals surface area contributed by atoms with Crippen molar-refractivity contribution in [1.29, 1.82) is 0 Å². The maximum Gasteiger partial charge on any atom is 0.161 e. The molecule has 162 valence electrons. The van der Waals surface area contributed by atoms with E-state index in [0.717, 1.165) is 50.8 Å². The Morgan fingerprint density at radius 2 is 1.48 bits per heavy atom. The van der Waals surface area contributed by atoms with E-state index in [2.05, 4.69) is 29.6 Å². The lowest BCUT2D eigenvalue weighted by Gasteiger charge is -2.31. The molecule has 0 spiro atoms. The first kappa shape index (κ1) is 21.4. The largest absolute Gasteiger partial charge is 0.504 e. The topological polar surface area (TPSA) is 41.5 Å². The second-order valence-corrected chi connectivity index (χ2v) is 8.37. The van der Waals surface area contributed by atoms with Crippen molar-refractivity contribution in [3.8, 4) is 11.5 Å². The number of benzene rings is 3. The molecule has 1 atom stereocenters. The highest BCUT2D eigenvalue weighted by molar-refractivity contribution is 5.38. The Bertz CT molecular complexity index is 950. The second-order valence-electron chi connectivity index (χ2n) is 8.37. The highest BCUT2D eigenvalue weighted by Gasteiger charge is 2.25. The van der Waals surface area contributed by atoms with E-state index in [1.807, 2.05) is 30.3 Å². The molecule has 3 aromatic rings. The van der Waals surface area contributed by atoms with Crippen LogP contribution in [0, 0.1) is 11.7 Å². The average molecular weight is 420 g/mol. The molecule has 0 saturated carbocycles. The van der Waals surface area contributed by atoms with Gasteiger partial charge >= 0.3 is 0 Å². The number of piperidine rings is 1. The minimum absolute atomic E-state index is 0.0780. The lowest BCUT2D eigenvalue weighted by molar-refractivity contribution is 0.101. The van der Waals surface area contributed by atoms with Crippen LogP contribution < -0.4 is 10.1 Å². The highest BCUT2D eigenvalue weighted by Crippen LogP contribution is 2.31. The molecule has 1 heterocycles. The van der Waals surface area contributed by atoms with Crippen molar-refractivity contribution >= 4 is 0 Å². The van der Waals surface area contributed by atoms with Crippen LogP contribution in [0.3, 0.4) is 0 Å². The second kappa shape index (κ2) is 10.5. The summed E-state index contributed by atoms with van der Waals surface area (Å²) in [6, 6.07) is 22.6. The van der Waals surface area contributed by atoms with Gasteiger partial charge in [-0.1, -0.05) is 48.5 Å². The summed E-state index contributed by atoms with van der Waals surface area (Å²) < 4.78 is 19.4. The van der Waals surface area contributed by atoms with Gasteiger partial charge in [-0.15, -0.1) is 0 Å². The number of hydrogen-bond donors (Lipinski definition) is 2. The summed E-state index contributed by atoms with van der Waals surface area (Å²) in [6.45, 7) is 2.03. The summed E-state index contributed by atoms with van der Waals surface area (Å²) in [5.41, 5.74) is 3.61. The van der Waals surface area contributed by atoms with Gasteiger partial charge in [-0.2, -0.15) is 0 Å². The summed E-state index contributed by atoms with van der Waals surface area (Å²) in [4.78, 5) is 0. The van der Waals surface area contributed by atoms with E-state index in [1.165, 1.54) is 23.3 Å². The van der Waals surface area contributed by atoms with Crippen molar-refractivity contribution in [3.05, 3.63) is 95.3 Å². The number of phenols is 1. The number of aromatic hydroxyl groups is 1. The van der Waals surface area contributed by atoms with Crippen molar-refractivity contribution in [2.75, 3.05) is 13.1 Å². The van der Waals surface area contributed by atoms with E-state index < -0.39 is 0 Å². The molecule has 0 radical (unpaired) electrons. The van der Waals surface area contributed by atoms with E-state index >= 15 is 0 Å². The SMILES string of the molecule is Oc1ccccc1OC(CCc1ccc(Cc2ccc(F)cc2)cc1)C1CCNCC1. The Kier molecular flexibility index (Phi) is 7.21. The highest BCUT2D eigenvalue weighted by atomic mass is 19.1. The van der Waals surface area contributed by atoms with Crippen LogP contribution in [0.5, 0.6) is 11.5 Å². The number of para-hydroxylation sites is 2. The Balaban J connectivity index is 1.39. The minimum atomic E-state index is -0.201. The average Bonchev–Trinajstić information content (AvgIpc) is 2.81. The molecule has 0 amide bonds. The quantitative estimate of drug-likeness (QED) is 0.506. The summed E-state index contributed by atoms with van der Waals surface area (Å²) in [5, 5.41) is 13.6. The van der Waals surface area contributed by atoms with Crippen LogP contribution in [0.4, 0.5) is 4.39 Å². The van der Waals surface area contributed by atoms with E-state index in [1.54, 1.807) is 6.07 Å². The van der Waals surface area contributed by atoms with Crippen molar-refractivity contribution < 1.29 is 14.2 Å². The van der Waals surface area contributed by atoms with Crippen molar-refractivity contribution in [1.82, 2.24) is 5.32 Å². The number of aryl methyl sites for hydroxylation is 1. The molecule has 3 aromatic carbocycles. The maximum absolute atomic E-state index is 13.1. The fourth-order valence-corrected chi connectivity index (χ4v) is 4.30. The number of halogens is 1. The van der Waals surface area contributed by atoms with Crippen LogP contribution in [0.1, 0.15) is 36.0 Å². The Labute approximate surface area is 183 Å². The van der Waals surface area contributed by atoms with Crippen molar-refractivity contribution in [3.63, 3.8) is 0 Å². The van der Waals surface area contributed by atoms with Crippen LogP contribution in [0.25, 0.3) is 0 Å². The van der Waals surface area contributed by atoms with E-state index in [-0.39, 0.29) is 17.7 Å². The number of rotatable bonds is 8. The molecule has 2 N–H and O–H groups in total. The number of nitrogens with one attached hydrogen (secondary N) is 1. The van der Waals surface area contributed by atoms with E-state index in [0.29, 0.717) is 11.7 Å². The van der Waals surface area contributed by atoms with Gasteiger partial charge in [-0.25, -0.2) is 4.39 Å². The van der Waals surface area contributed by atoms with Crippen molar-refractivity contribution in [2.45, 2.75) is 38.2 Å². The van der Waals surface area contributed by atoms with Crippen LogP contribution in [-0.2, 0) is 12.8 Å². The predicted molar refractivity (Wildman–Crippen MR) is 122 cm³/mol. The van der Waals surface area contributed by atoms with Gasteiger partial charge in [0.25, 0.3) is 0 Å².